The van der Waals surface area contributed by atoms with E-state index in [1.165, 1.54) is 11.3 Å². The van der Waals surface area contributed by atoms with Crippen LogP contribution in [0.1, 0.15) is 37.4 Å². The van der Waals surface area contributed by atoms with E-state index in [9.17, 15) is 4.79 Å². The van der Waals surface area contributed by atoms with Gasteiger partial charge in [-0.1, -0.05) is 19.9 Å². The summed E-state index contributed by atoms with van der Waals surface area (Å²) in [5.41, 5.74) is 1.53. The summed E-state index contributed by atoms with van der Waals surface area (Å²) in [5.74, 6) is 1.62. The van der Waals surface area contributed by atoms with Gasteiger partial charge in [-0.3, -0.25) is 4.79 Å². The molecule has 1 atom stereocenters. The zero-order valence-corrected chi connectivity index (χ0v) is 16.3. The number of amides is 1. The van der Waals surface area contributed by atoms with Gasteiger partial charge in [0.15, 0.2) is 11.5 Å². The summed E-state index contributed by atoms with van der Waals surface area (Å²) in [6.07, 6.45) is 0.865. The molecule has 0 aliphatic carbocycles. The van der Waals surface area contributed by atoms with Crippen LogP contribution in [0.15, 0.2) is 29.6 Å². The third kappa shape index (κ3) is 4.79. The Labute approximate surface area is 163 Å². The molecule has 6 nitrogen and oxygen atoms in total. The molecule has 0 saturated carbocycles. The fraction of sp³-hybridized carbons (Fsp3) is 0.400. The molecular weight excluding hydrogens is 362 g/mol. The van der Waals surface area contributed by atoms with Crippen molar-refractivity contribution in [3.63, 3.8) is 0 Å². The lowest BCUT2D eigenvalue weighted by atomic mass is 9.95. The minimum absolute atomic E-state index is 0.00771. The van der Waals surface area contributed by atoms with Crippen LogP contribution in [0, 0.1) is 17.2 Å². The van der Waals surface area contributed by atoms with E-state index < -0.39 is 0 Å². The van der Waals surface area contributed by atoms with E-state index in [1.807, 2.05) is 18.2 Å². The van der Waals surface area contributed by atoms with Gasteiger partial charge in [0.1, 0.15) is 11.1 Å². The number of hydrogen-bond acceptors (Lipinski definition) is 6. The van der Waals surface area contributed by atoms with Crippen molar-refractivity contribution in [2.45, 2.75) is 26.3 Å². The summed E-state index contributed by atoms with van der Waals surface area (Å²) >= 11 is 1.34. The summed E-state index contributed by atoms with van der Waals surface area (Å²) in [6, 6.07) is 9.69. The fourth-order valence-corrected chi connectivity index (χ4v) is 3.73. The van der Waals surface area contributed by atoms with Gasteiger partial charge in [-0.25, -0.2) is 0 Å². The number of nitrogens with one attached hydrogen (secondary N) is 2. The van der Waals surface area contributed by atoms with Crippen LogP contribution in [0.25, 0.3) is 0 Å². The molecule has 2 heterocycles. The van der Waals surface area contributed by atoms with E-state index in [1.54, 1.807) is 11.4 Å². The van der Waals surface area contributed by atoms with E-state index in [4.69, 9.17) is 14.7 Å². The van der Waals surface area contributed by atoms with Crippen molar-refractivity contribution in [3.8, 4) is 17.6 Å². The number of thiophene rings is 1. The maximum Gasteiger partial charge on any atom is 0.238 e. The molecule has 0 spiro atoms. The van der Waals surface area contributed by atoms with Gasteiger partial charge in [-0.15, -0.1) is 11.3 Å². The summed E-state index contributed by atoms with van der Waals surface area (Å²) in [6.45, 7) is 5.66. The van der Waals surface area contributed by atoms with Crippen molar-refractivity contribution in [2.24, 2.45) is 5.92 Å². The molecule has 0 fully saturated rings. The lowest BCUT2D eigenvalue weighted by Gasteiger charge is -2.23. The van der Waals surface area contributed by atoms with Crippen LogP contribution in [0.4, 0.5) is 5.00 Å². The number of rotatable bonds is 6. The number of nitriles is 1. The molecular formula is C20H23N3O3S. The lowest BCUT2D eigenvalue weighted by Crippen LogP contribution is -2.33. The van der Waals surface area contributed by atoms with Crippen molar-refractivity contribution in [3.05, 3.63) is 40.8 Å². The summed E-state index contributed by atoms with van der Waals surface area (Å²) in [4.78, 5) is 12.3. The quantitative estimate of drug-likeness (QED) is 0.792. The van der Waals surface area contributed by atoms with Gasteiger partial charge >= 0.3 is 0 Å². The van der Waals surface area contributed by atoms with Gasteiger partial charge in [0, 0.05) is 12.5 Å². The maximum atomic E-state index is 12.3. The van der Waals surface area contributed by atoms with Gasteiger partial charge in [0.05, 0.1) is 25.3 Å². The second-order valence-corrected chi connectivity index (χ2v) is 7.60. The number of benzene rings is 1. The maximum absolute atomic E-state index is 12.3. The number of fused-ring (bicyclic) bond motifs is 1. The lowest BCUT2D eigenvalue weighted by molar-refractivity contribution is -0.115. The van der Waals surface area contributed by atoms with Gasteiger partial charge < -0.3 is 20.1 Å². The Bertz CT molecular complexity index is 841. The topological polar surface area (TPSA) is 83.4 Å². The molecule has 0 bridgehead atoms. The highest BCUT2D eigenvalue weighted by atomic mass is 32.1. The third-order valence-electron chi connectivity index (χ3n) is 4.32. The summed E-state index contributed by atoms with van der Waals surface area (Å²) in [7, 11) is 0. The molecule has 142 valence electrons. The standard InChI is InChI=1S/C20H23N3O3S/c1-13(2)19(14-4-5-16-17(10-14)26-8-3-7-25-16)22-12-18(24)23-20-15(11-21)6-9-27-20/h4-6,9-10,13,19,22H,3,7-8,12H2,1-2H3,(H,23,24)/t19-/m0/s1. The SMILES string of the molecule is CC(C)[C@H](NCC(=O)Nc1sccc1C#N)c1ccc2c(c1)OCCCO2. The highest BCUT2D eigenvalue weighted by Crippen LogP contribution is 2.34. The Morgan fingerprint density at radius 2 is 2.04 bits per heavy atom. The van der Waals surface area contributed by atoms with Crippen LogP contribution in [0.2, 0.25) is 0 Å². The molecule has 2 aromatic rings. The van der Waals surface area contributed by atoms with E-state index in [2.05, 4.69) is 30.6 Å². The number of hydrogen-bond donors (Lipinski definition) is 2. The van der Waals surface area contributed by atoms with Gasteiger partial charge in [-0.2, -0.15) is 5.26 Å². The van der Waals surface area contributed by atoms with Gasteiger partial charge in [0.2, 0.25) is 5.91 Å². The number of nitrogens with zero attached hydrogens (tertiary/aromatic N) is 1. The zero-order chi connectivity index (χ0) is 19.2. The van der Waals surface area contributed by atoms with Crippen LogP contribution in [0.5, 0.6) is 11.5 Å². The van der Waals surface area contributed by atoms with Crippen LogP contribution in [0.3, 0.4) is 0 Å². The molecule has 1 amide bonds. The average molecular weight is 385 g/mol. The molecule has 3 rings (SSSR count). The van der Waals surface area contributed by atoms with Crippen LogP contribution >= 0.6 is 11.3 Å². The molecule has 27 heavy (non-hydrogen) atoms. The number of anilines is 1. The van der Waals surface area contributed by atoms with E-state index in [0.29, 0.717) is 23.8 Å². The Kier molecular flexibility index (Phi) is 6.32. The number of ether oxygens (including phenoxy) is 2. The predicted molar refractivity (Wildman–Crippen MR) is 105 cm³/mol. The Morgan fingerprint density at radius 3 is 2.78 bits per heavy atom. The normalized spacial score (nSPS) is 14.3. The Morgan fingerprint density at radius 1 is 1.26 bits per heavy atom. The van der Waals surface area contributed by atoms with E-state index in [0.717, 1.165) is 23.5 Å². The molecule has 0 radical (unpaired) electrons. The van der Waals surface area contributed by atoms with Crippen molar-refractivity contribution in [1.29, 1.82) is 5.26 Å². The molecule has 1 aromatic carbocycles. The first-order chi connectivity index (χ1) is 13.1. The molecule has 0 unspecified atom stereocenters. The second kappa shape index (κ2) is 8.89. The van der Waals surface area contributed by atoms with Gasteiger partial charge in [0.25, 0.3) is 0 Å². The zero-order valence-electron chi connectivity index (χ0n) is 15.5. The summed E-state index contributed by atoms with van der Waals surface area (Å²) in [5, 5.41) is 17.5. The molecule has 1 aromatic heterocycles. The molecule has 7 heteroatoms. The molecule has 1 aliphatic rings. The first kappa shape index (κ1) is 19.2. The van der Waals surface area contributed by atoms with Crippen LogP contribution < -0.4 is 20.1 Å². The van der Waals surface area contributed by atoms with Crippen LogP contribution in [-0.2, 0) is 4.79 Å². The largest absolute Gasteiger partial charge is 0.490 e. The van der Waals surface area contributed by atoms with E-state index in [-0.39, 0.29) is 24.4 Å². The minimum atomic E-state index is -0.172. The van der Waals surface area contributed by atoms with Crippen molar-refractivity contribution in [2.75, 3.05) is 25.1 Å². The average Bonchev–Trinajstić information content (AvgIpc) is 2.96. The Balaban J connectivity index is 1.67. The highest BCUT2D eigenvalue weighted by Gasteiger charge is 2.20. The minimum Gasteiger partial charge on any atom is -0.490 e. The highest BCUT2D eigenvalue weighted by molar-refractivity contribution is 7.14. The third-order valence-corrected chi connectivity index (χ3v) is 5.15. The predicted octanol–water partition coefficient (Wildman–Crippen LogP) is 3.71. The van der Waals surface area contributed by atoms with Crippen molar-refractivity contribution in [1.82, 2.24) is 5.32 Å². The molecule has 2 N–H and O–H groups in total. The van der Waals surface area contributed by atoms with Crippen LogP contribution in [-0.4, -0.2) is 25.7 Å². The van der Waals surface area contributed by atoms with Gasteiger partial charge in [-0.05, 0) is 35.1 Å². The molecule has 1 aliphatic heterocycles. The van der Waals surface area contributed by atoms with Crippen molar-refractivity contribution < 1.29 is 14.3 Å². The second-order valence-electron chi connectivity index (χ2n) is 6.68. The fourth-order valence-electron chi connectivity index (χ4n) is 2.98. The van der Waals surface area contributed by atoms with Crippen molar-refractivity contribution >= 4 is 22.2 Å². The first-order valence-corrected chi connectivity index (χ1v) is 9.87. The van der Waals surface area contributed by atoms with E-state index >= 15 is 0 Å². The first-order valence-electron chi connectivity index (χ1n) is 8.99. The Hall–Kier alpha value is -2.56. The number of carbonyl (C=O) groups excluding carboxylic acids is 1. The monoisotopic (exact) mass is 385 g/mol. The summed E-state index contributed by atoms with van der Waals surface area (Å²) < 4.78 is 11.5. The smallest absolute Gasteiger partial charge is 0.238 e. The molecule has 0 saturated heterocycles. The number of carbonyl (C=O) groups is 1.